The molecule has 5 heteroatoms. The zero-order valence-corrected chi connectivity index (χ0v) is 11.2. The van der Waals surface area contributed by atoms with Gasteiger partial charge in [-0.25, -0.2) is 9.07 Å². The van der Waals surface area contributed by atoms with Crippen molar-refractivity contribution in [2.24, 2.45) is 0 Å². The Labute approximate surface area is 115 Å². The summed E-state index contributed by atoms with van der Waals surface area (Å²) in [7, 11) is 0. The summed E-state index contributed by atoms with van der Waals surface area (Å²) >= 11 is 0. The number of aromatic nitrogens is 3. The minimum absolute atomic E-state index is 0.339. The quantitative estimate of drug-likeness (QED) is 0.779. The smallest absolute Gasteiger partial charge is 0.126 e. The summed E-state index contributed by atoms with van der Waals surface area (Å²) in [5, 5.41) is 18.1. The first kappa shape index (κ1) is 12.7. The molecule has 0 saturated heterocycles. The molecule has 2 aromatic carbocycles. The molecule has 1 atom stereocenters. The van der Waals surface area contributed by atoms with Gasteiger partial charge in [0.15, 0.2) is 0 Å². The van der Waals surface area contributed by atoms with E-state index in [-0.39, 0.29) is 5.82 Å². The highest BCUT2D eigenvalue weighted by atomic mass is 19.1. The molecule has 0 unspecified atom stereocenters. The van der Waals surface area contributed by atoms with Crippen molar-refractivity contribution in [3.05, 3.63) is 53.3 Å². The van der Waals surface area contributed by atoms with Crippen LogP contribution in [0.1, 0.15) is 24.2 Å². The predicted octanol–water partition coefficient (Wildman–Crippen LogP) is 2.92. The van der Waals surface area contributed by atoms with E-state index in [2.05, 4.69) is 10.3 Å². The van der Waals surface area contributed by atoms with E-state index in [1.54, 1.807) is 24.6 Å². The Hall–Kier alpha value is -2.27. The highest BCUT2D eigenvalue weighted by molar-refractivity contribution is 5.76. The summed E-state index contributed by atoms with van der Waals surface area (Å²) in [6.07, 6.45) is -0.789. The van der Waals surface area contributed by atoms with Gasteiger partial charge >= 0.3 is 0 Å². The number of hydrogen-bond acceptors (Lipinski definition) is 3. The first-order chi connectivity index (χ1) is 9.58. The van der Waals surface area contributed by atoms with Crippen LogP contribution in [-0.2, 0) is 0 Å². The lowest BCUT2D eigenvalue weighted by Gasteiger charge is -2.14. The summed E-state index contributed by atoms with van der Waals surface area (Å²) in [6.45, 7) is 3.29. The maximum Gasteiger partial charge on any atom is 0.126 e. The fourth-order valence-electron chi connectivity index (χ4n) is 2.25. The minimum atomic E-state index is -0.789. The summed E-state index contributed by atoms with van der Waals surface area (Å²) in [6, 6.07) is 10.6. The van der Waals surface area contributed by atoms with E-state index < -0.39 is 6.10 Å². The second kappa shape index (κ2) is 4.68. The molecular formula is C15H14FN3O. The molecule has 1 N–H and O–H groups in total. The standard InChI is InChI=1S/C15H14FN3O/c1-9-7-15(11(10(2)20)8-12(9)16)19-14-6-4-3-5-13(14)17-18-19/h3-8,10,20H,1-2H3/t10-/m1/s1. The lowest BCUT2D eigenvalue weighted by atomic mass is 10.0. The minimum Gasteiger partial charge on any atom is -0.389 e. The molecule has 3 aromatic rings. The van der Waals surface area contributed by atoms with Crippen molar-refractivity contribution < 1.29 is 9.50 Å². The van der Waals surface area contributed by atoms with Crippen molar-refractivity contribution in [2.75, 3.05) is 0 Å². The maximum absolute atomic E-state index is 13.7. The van der Waals surface area contributed by atoms with Crippen LogP contribution in [0.15, 0.2) is 36.4 Å². The molecule has 0 bridgehead atoms. The summed E-state index contributed by atoms with van der Waals surface area (Å²) in [5.41, 5.74) is 3.21. The van der Waals surface area contributed by atoms with Gasteiger partial charge in [-0.1, -0.05) is 17.3 Å². The van der Waals surface area contributed by atoms with Crippen LogP contribution in [0.4, 0.5) is 4.39 Å². The Kier molecular flexibility index (Phi) is 2.99. The van der Waals surface area contributed by atoms with Crippen LogP contribution >= 0.6 is 0 Å². The van der Waals surface area contributed by atoms with Gasteiger partial charge in [-0.15, -0.1) is 5.10 Å². The van der Waals surface area contributed by atoms with Gasteiger partial charge in [0.2, 0.25) is 0 Å². The number of nitrogens with zero attached hydrogens (tertiary/aromatic N) is 3. The number of fused-ring (bicyclic) bond motifs is 1. The molecule has 102 valence electrons. The third kappa shape index (κ3) is 1.96. The largest absolute Gasteiger partial charge is 0.389 e. The van der Waals surface area contributed by atoms with E-state index in [1.807, 2.05) is 24.3 Å². The topological polar surface area (TPSA) is 50.9 Å². The van der Waals surface area contributed by atoms with E-state index >= 15 is 0 Å². The lowest BCUT2D eigenvalue weighted by molar-refractivity contribution is 0.198. The Morgan fingerprint density at radius 1 is 1.25 bits per heavy atom. The summed E-state index contributed by atoms with van der Waals surface area (Å²) < 4.78 is 15.3. The van der Waals surface area contributed by atoms with Crippen molar-refractivity contribution >= 4 is 11.0 Å². The molecule has 0 spiro atoms. The zero-order valence-electron chi connectivity index (χ0n) is 11.2. The normalized spacial score (nSPS) is 12.8. The molecule has 1 heterocycles. The molecule has 0 amide bonds. The summed E-state index contributed by atoms with van der Waals surface area (Å²) in [5.74, 6) is -0.339. The molecular weight excluding hydrogens is 257 g/mol. The SMILES string of the molecule is Cc1cc(-n2nnc3ccccc32)c([C@@H](C)O)cc1F. The molecule has 0 fully saturated rings. The Morgan fingerprint density at radius 3 is 2.75 bits per heavy atom. The van der Waals surface area contributed by atoms with Gasteiger partial charge in [0, 0.05) is 5.56 Å². The Balaban J connectivity index is 2.31. The van der Waals surface area contributed by atoms with E-state index in [0.717, 1.165) is 11.0 Å². The number of hydrogen-bond donors (Lipinski definition) is 1. The molecule has 0 aliphatic heterocycles. The first-order valence-corrected chi connectivity index (χ1v) is 6.37. The first-order valence-electron chi connectivity index (χ1n) is 6.37. The second-order valence-electron chi connectivity index (χ2n) is 4.83. The van der Waals surface area contributed by atoms with Crippen LogP contribution in [-0.4, -0.2) is 20.1 Å². The van der Waals surface area contributed by atoms with Gasteiger partial charge in [0.05, 0.1) is 17.3 Å². The number of para-hydroxylation sites is 1. The van der Waals surface area contributed by atoms with Gasteiger partial charge < -0.3 is 5.11 Å². The number of halogens is 1. The van der Waals surface area contributed by atoms with Gasteiger partial charge in [-0.05, 0) is 43.7 Å². The molecule has 3 rings (SSSR count). The van der Waals surface area contributed by atoms with Crippen LogP contribution in [0.25, 0.3) is 16.7 Å². The van der Waals surface area contributed by atoms with Gasteiger partial charge in [-0.2, -0.15) is 0 Å². The monoisotopic (exact) mass is 271 g/mol. The average Bonchev–Trinajstić information content (AvgIpc) is 2.85. The molecule has 0 aliphatic carbocycles. The van der Waals surface area contributed by atoms with Gasteiger partial charge in [-0.3, -0.25) is 0 Å². The predicted molar refractivity (Wildman–Crippen MR) is 74.2 cm³/mol. The van der Waals surface area contributed by atoms with E-state index in [0.29, 0.717) is 16.8 Å². The third-order valence-electron chi connectivity index (χ3n) is 3.34. The zero-order chi connectivity index (χ0) is 14.3. The number of aryl methyl sites for hydroxylation is 1. The number of aliphatic hydroxyl groups is 1. The van der Waals surface area contributed by atoms with Crippen molar-refractivity contribution in [3.8, 4) is 5.69 Å². The number of aliphatic hydroxyl groups excluding tert-OH is 1. The summed E-state index contributed by atoms with van der Waals surface area (Å²) in [4.78, 5) is 0. The van der Waals surface area contributed by atoms with Crippen molar-refractivity contribution in [1.29, 1.82) is 0 Å². The maximum atomic E-state index is 13.7. The number of benzene rings is 2. The van der Waals surface area contributed by atoms with E-state index in [1.165, 1.54) is 6.07 Å². The molecule has 0 saturated carbocycles. The molecule has 0 aliphatic rings. The Morgan fingerprint density at radius 2 is 2.00 bits per heavy atom. The molecule has 0 radical (unpaired) electrons. The highest BCUT2D eigenvalue weighted by Crippen LogP contribution is 2.26. The fraction of sp³-hybridized carbons (Fsp3) is 0.200. The van der Waals surface area contributed by atoms with Crippen LogP contribution in [0.3, 0.4) is 0 Å². The molecule has 1 aromatic heterocycles. The van der Waals surface area contributed by atoms with E-state index in [9.17, 15) is 9.50 Å². The van der Waals surface area contributed by atoms with Crippen molar-refractivity contribution in [2.45, 2.75) is 20.0 Å². The molecule has 20 heavy (non-hydrogen) atoms. The Bertz CT molecular complexity index is 780. The third-order valence-corrected chi connectivity index (χ3v) is 3.34. The molecule has 4 nitrogen and oxygen atoms in total. The van der Waals surface area contributed by atoms with Crippen LogP contribution in [0, 0.1) is 12.7 Å². The highest BCUT2D eigenvalue weighted by Gasteiger charge is 2.16. The second-order valence-corrected chi connectivity index (χ2v) is 4.83. The van der Waals surface area contributed by atoms with Gasteiger partial charge in [0.1, 0.15) is 11.3 Å². The van der Waals surface area contributed by atoms with Crippen LogP contribution in [0.2, 0.25) is 0 Å². The van der Waals surface area contributed by atoms with Crippen LogP contribution < -0.4 is 0 Å². The average molecular weight is 271 g/mol. The van der Waals surface area contributed by atoms with Crippen molar-refractivity contribution in [1.82, 2.24) is 15.0 Å². The van der Waals surface area contributed by atoms with Gasteiger partial charge in [0.25, 0.3) is 0 Å². The lowest BCUT2D eigenvalue weighted by Crippen LogP contribution is -2.06. The van der Waals surface area contributed by atoms with E-state index in [4.69, 9.17) is 0 Å². The fourth-order valence-corrected chi connectivity index (χ4v) is 2.25. The van der Waals surface area contributed by atoms with Crippen molar-refractivity contribution in [3.63, 3.8) is 0 Å². The van der Waals surface area contributed by atoms with Crippen LogP contribution in [0.5, 0.6) is 0 Å². The number of rotatable bonds is 2.